The number of ether oxygens (including phenoxy) is 1. The Kier molecular flexibility index (Phi) is 7.76. The van der Waals surface area contributed by atoms with Crippen LogP contribution < -0.4 is 14.2 Å². The second kappa shape index (κ2) is 10.5. The number of hydrogen-bond acceptors (Lipinski definition) is 6. The molecule has 0 fully saturated rings. The molecule has 0 radical (unpaired) electrons. The number of carbonyl (C=O) groups excluding carboxylic acids is 1. The first-order valence-electron chi connectivity index (χ1n) is 10.0. The van der Waals surface area contributed by atoms with Crippen LogP contribution in [0.25, 0.3) is 6.08 Å². The van der Waals surface area contributed by atoms with Gasteiger partial charge in [0, 0.05) is 5.69 Å². The average molecular weight is 541 g/mol. The van der Waals surface area contributed by atoms with Crippen LogP contribution in [0.3, 0.4) is 0 Å². The van der Waals surface area contributed by atoms with Crippen molar-refractivity contribution >= 4 is 43.7 Å². The molecule has 3 aromatic carbocycles. The molecule has 0 unspecified atom stereocenters. The van der Waals surface area contributed by atoms with Gasteiger partial charge in [-0.2, -0.15) is 13.7 Å². The van der Waals surface area contributed by atoms with Crippen LogP contribution in [0.4, 0.5) is 5.69 Å². The van der Waals surface area contributed by atoms with E-state index in [1.165, 1.54) is 43.5 Å². The fourth-order valence-corrected chi connectivity index (χ4v) is 4.57. The van der Waals surface area contributed by atoms with E-state index in [-0.39, 0.29) is 16.2 Å². The molecule has 174 valence electrons. The highest BCUT2D eigenvalue weighted by Crippen LogP contribution is 2.30. The molecule has 0 aromatic heterocycles. The Bertz CT molecular complexity index is 1410. The smallest absolute Gasteiger partial charge is 0.339 e. The molecule has 0 aliphatic rings. The summed E-state index contributed by atoms with van der Waals surface area (Å²) < 4.78 is 35.8. The number of nitriles is 1. The van der Waals surface area contributed by atoms with Crippen molar-refractivity contribution in [2.45, 2.75) is 18.7 Å². The Hall–Kier alpha value is -3.61. The van der Waals surface area contributed by atoms with Crippen LogP contribution in [0.2, 0.25) is 0 Å². The van der Waals surface area contributed by atoms with E-state index in [2.05, 4.69) is 21.2 Å². The summed E-state index contributed by atoms with van der Waals surface area (Å²) in [5.41, 5.74) is 2.96. The van der Waals surface area contributed by atoms with Crippen molar-refractivity contribution in [3.05, 3.63) is 87.4 Å². The average Bonchev–Trinajstić information content (AvgIpc) is 2.80. The van der Waals surface area contributed by atoms with Crippen molar-refractivity contribution in [3.63, 3.8) is 0 Å². The highest BCUT2D eigenvalue weighted by Gasteiger charge is 2.19. The molecule has 3 rings (SSSR count). The lowest BCUT2D eigenvalue weighted by Gasteiger charge is -2.10. The Labute approximate surface area is 206 Å². The standard InChI is InChI=1S/C25H21BrN2O5S/c1-16-4-10-23(17(2)12-16)28-25(29)19(15-27)13-18-5-11-24(22(26)14-18)33-34(30,31)21-8-6-20(32-3)7-9-21/h4-14H,1-3H3,(H,28,29)/b19-13+. The molecule has 0 heterocycles. The zero-order chi connectivity index (χ0) is 24.9. The summed E-state index contributed by atoms with van der Waals surface area (Å²) in [6.07, 6.45) is 1.41. The minimum absolute atomic E-state index is 0.0287. The Morgan fingerprint density at radius 3 is 2.35 bits per heavy atom. The van der Waals surface area contributed by atoms with E-state index in [0.29, 0.717) is 21.5 Å². The Balaban J connectivity index is 1.79. The lowest BCUT2D eigenvalue weighted by atomic mass is 10.1. The van der Waals surface area contributed by atoms with E-state index < -0.39 is 16.0 Å². The number of carbonyl (C=O) groups is 1. The largest absolute Gasteiger partial charge is 0.497 e. The van der Waals surface area contributed by atoms with Crippen LogP contribution >= 0.6 is 15.9 Å². The van der Waals surface area contributed by atoms with Gasteiger partial charge in [0.2, 0.25) is 0 Å². The van der Waals surface area contributed by atoms with Crippen LogP contribution in [-0.4, -0.2) is 21.4 Å². The minimum Gasteiger partial charge on any atom is -0.497 e. The Morgan fingerprint density at radius 1 is 1.06 bits per heavy atom. The van der Waals surface area contributed by atoms with Gasteiger partial charge in [-0.15, -0.1) is 0 Å². The number of methoxy groups -OCH3 is 1. The zero-order valence-corrected chi connectivity index (χ0v) is 21.0. The monoisotopic (exact) mass is 540 g/mol. The molecule has 1 N–H and O–H groups in total. The molecule has 0 saturated heterocycles. The molecule has 3 aromatic rings. The molecule has 7 nitrogen and oxygen atoms in total. The number of aryl methyl sites for hydroxylation is 2. The fraction of sp³-hybridized carbons (Fsp3) is 0.120. The number of hydrogen-bond donors (Lipinski definition) is 1. The van der Waals surface area contributed by atoms with Crippen molar-refractivity contribution in [3.8, 4) is 17.6 Å². The number of anilines is 1. The summed E-state index contributed by atoms with van der Waals surface area (Å²) in [6, 6.07) is 17.8. The summed E-state index contributed by atoms with van der Waals surface area (Å²) in [6.45, 7) is 3.82. The molecule has 0 spiro atoms. The predicted octanol–water partition coefficient (Wildman–Crippen LogP) is 5.39. The molecule has 0 bridgehead atoms. The zero-order valence-electron chi connectivity index (χ0n) is 18.6. The number of amides is 1. The normalized spacial score (nSPS) is 11.4. The van der Waals surface area contributed by atoms with Gasteiger partial charge < -0.3 is 14.2 Å². The number of benzene rings is 3. The summed E-state index contributed by atoms with van der Waals surface area (Å²) >= 11 is 3.29. The van der Waals surface area contributed by atoms with E-state index >= 15 is 0 Å². The number of nitrogens with zero attached hydrogens (tertiary/aromatic N) is 1. The molecular weight excluding hydrogens is 520 g/mol. The first-order chi connectivity index (χ1) is 16.1. The summed E-state index contributed by atoms with van der Waals surface area (Å²) in [5, 5.41) is 12.2. The van der Waals surface area contributed by atoms with Gasteiger partial charge in [-0.25, -0.2) is 0 Å². The Morgan fingerprint density at radius 2 is 1.76 bits per heavy atom. The number of halogens is 1. The maximum absolute atomic E-state index is 12.6. The van der Waals surface area contributed by atoms with Crippen LogP contribution in [0.1, 0.15) is 16.7 Å². The second-order valence-corrected chi connectivity index (χ2v) is 9.75. The van der Waals surface area contributed by atoms with Gasteiger partial charge in [0.05, 0.1) is 11.6 Å². The first kappa shape index (κ1) is 25.0. The fourth-order valence-electron chi connectivity index (χ4n) is 3.04. The molecule has 0 atom stereocenters. The van der Waals surface area contributed by atoms with E-state index in [0.717, 1.165) is 11.1 Å². The van der Waals surface area contributed by atoms with Crippen LogP contribution in [0.5, 0.6) is 11.5 Å². The van der Waals surface area contributed by atoms with E-state index in [1.54, 1.807) is 18.2 Å². The summed E-state index contributed by atoms with van der Waals surface area (Å²) in [4.78, 5) is 12.6. The van der Waals surface area contributed by atoms with Crippen molar-refractivity contribution in [1.82, 2.24) is 0 Å². The summed E-state index contributed by atoms with van der Waals surface area (Å²) in [7, 11) is -2.59. The molecule has 9 heteroatoms. The van der Waals surface area contributed by atoms with Gasteiger partial charge in [0.15, 0.2) is 5.75 Å². The molecule has 0 aliphatic heterocycles. The van der Waals surface area contributed by atoms with Gasteiger partial charge in [-0.1, -0.05) is 23.8 Å². The van der Waals surface area contributed by atoms with Crippen molar-refractivity contribution in [1.29, 1.82) is 5.26 Å². The third-order valence-electron chi connectivity index (χ3n) is 4.81. The quantitative estimate of drug-likeness (QED) is 0.244. The SMILES string of the molecule is COc1ccc(S(=O)(=O)Oc2ccc(/C=C(\C#N)C(=O)Nc3ccc(C)cc3C)cc2Br)cc1. The third kappa shape index (κ3) is 6.04. The molecule has 0 aliphatic carbocycles. The highest BCUT2D eigenvalue weighted by atomic mass is 79.9. The maximum atomic E-state index is 12.6. The van der Waals surface area contributed by atoms with Crippen molar-refractivity contribution in [2.75, 3.05) is 12.4 Å². The van der Waals surface area contributed by atoms with Gasteiger partial charge in [-0.3, -0.25) is 4.79 Å². The van der Waals surface area contributed by atoms with Crippen LogP contribution in [-0.2, 0) is 14.9 Å². The third-order valence-corrected chi connectivity index (χ3v) is 6.68. The van der Waals surface area contributed by atoms with Crippen LogP contribution in [0.15, 0.2) is 75.6 Å². The number of rotatable bonds is 7. The lowest BCUT2D eigenvalue weighted by molar-refractivity contribution is -0.112. The van der Waals surface area contributed by atoms with E-state index in [1.807, 2.05) is 32.0 Å². The maximum Gasteiger partial charge on any atom is 0.339 e. The topological polar surface area (TPSA) is 105 Å². The van der Waals surface area contributed by atoms with E-state index in [9.17, 15) is 18.5 Å². The molecule has 1 amide bonds. The minimum atomic E-state index is -4.07. The van der Waals surface area contributed by atoms with Gasteiger partial charge in [-0.05, 0) is 89.4 Å². The predicted molar refractivity (Wildman–Crippen MR) is 133 cm³/mol. The van der Waals surface area contributed by atoms with Crippen LogP contribution in [0, 0.1) is 25.2 Å². The number of nitrogens with one attached hydrogen (secondary N) is 1. The van der Waals surface area contributed by atoms with Crippen molar-refractivity contribution in [2.24, 2.45) is 0 Å². The second-order valence-electron chi connectivity index (χ2n) is 7.35. The lowest BCUT2D eigenvalue weighted by Crippen LogP contribution is -2.14. The van der Waals surface area contributed by atoms with Gasteiger partial charge in [0.1, 0.15) is 22.3 Å². The van der Waals surface area contributed by atoms with Crippen molar-refractivity contribution < 1.29 is 22.1 Å². The molecule has 34 heavy (non-hydrogen) atoms. The summed E-state index contributed by atoms with van der Waals surface area (Å²) in [5.74, 6) is 0.0327. The van der Waals surface area contributed by atoms with E-state index in [4.69, 9.17) is 8.92 Å². The van der Waals surface area contributed by atoms with Gasteiger partial charge in [0.25, 0.3) is 5.91 Å². The molecular formula is C25H21BrN2O5S. The highest BCUT2D eigenvalue weighted by molar-refractivity contribution is 9.10. The van der Waals surface area contributed by atoms with Gasteiger partial charge >= 0.3 is 10.1 Å². The molecule has 0 saturated carbocycles. The first-order valence-corrected chi connectivity index (χ1v) is 12.2.